The van der Waals surface area contributed by atoms with Crippen LogP contribution < -0.4 is 5.32 Å². The summed E-state index contributed by atoms with van der Waals surface area (Å²) in [4.78, 5) is 15.8. The van der Waals surface area contributed by atoms with Gasteiger partial charge in [0.15, 0.2) is 0 Å². The maximum absolute atomic E-state index is 10.7. The number of rotatable bonds is 5. The first-order chi connectivity index (χ1) is 5.57. The SMILES string of the molecule is CC(C)N(C)OCNC(=O)CS. The van der Waals surface area contributed by atoms with E-state index in [1.165, 1.54) is 0 Å². The molecule has 72 valence electrons. The molecule has 0 aliphatic rings. The van der Waals surface area contributed by atoms with Gasteiger partial charge in [0.25, 0.3) is 0 Å². The molecule has 1 N–H and O–H groups in total. The van der Waals surface area contributed by atoms with Crippen molar-refractivity contribution in [2.75, 3.05) is 19.5 Å². The molecule has 0 heterocycles. The number of hydrogen-bond donors (Lipinski definition) is 2. The third-order valence-electron chi connectivity index (χ3n) is 1.41. The Kier molecular flexibility index (Phi) is 6.14. The van der Waals surface area contributed by atoms with Crippen molar-refractivity contribution in [1.82, 2.24) is 10.4 Å². The summed E-state index contributed by atoms with van der Waals surface area (Å²) in [5.41, 5.74) is 0. The van der Waals surface area contributed by atoms with Gasteiger partial charge in [-0.2, -0.15) is 17.7 Å². The third-order valence-corrected chi connectivity index (χ3v) is 1.70. The van der Waals surface area contributed by atoms with Crippen LogP contribution in [0, 0.1) is 0 Å². The number of thiol groups is 1. The predicted molar refractivity (Wildman–Crippen MR) is 50.8 cm³/mol. The number of carbonyl (C=O) groups is 1. The summed E-state index contributed by atoms with van der Waals surface area (Å²) in [6.07, 6.45) is 0. The van der Waals surface area contributed by atoms with Gasteiger partial charge < -0.3 is 5.32 Å². The zero-order valence-corrected chi connectivity index (χ0v) is 8.60. The van der Waals surface area contributed by atoms with Crippen molar-refractivity contribution in [3.63, 3.8) is 0 Å². The fraction of sp³-hybridized carbons (Fsp3) is 0.857. The Balaban J connectivity index is 3.37. The monoisotopic (exact) mass is 192 g/mol. The van der Waals surface area contributed by atoms with Crippen LogP contribution in [0.25, 0.3) is 0 Å². The zero-order chi connectivity index (χ0) is 9.56. The van der Waals surface area contributed by atoms with Gasteiger partial charge in [0, 0.05) is 13.1 Å². The Labute approximate surface area is 78.6 Å². The number of carbonyl (C=O) groups excluding carboxylic acids is 1. The molecule has 0 aliphatic carbocycles. The van der Waals surface area contributed by atoms with Gasteiger partial charge in [0.2, 0.25) is 5.91 Å². The molecule has 0 saturated heterocycles. The van der Waals surface area contributed by atoms with Crippen molar-refractivity contribution >= 4 is 18.5 Å². The highest BCUT2D eigenvalue weighted by atomic mass is 32.1. The van der Waals surface area contributed by atoms with E-state index in [1.54, 1.807) is 5.06 Å². The molecule has 5 heteroatoms. The molecule has 0 aromatic carbocycles. The summed E-state index contributed by atoms with van der Waals surface area (Å²) < 4.78 is 0. The van der Waals surface area contributed by atoms with Crippen molar-refractivity contribution in [3.8, 4) is 0 Å². The molecule has 0 fully saturated rings. The lowest BCUT2D eigenvalue weighted by atomic mass is 10.4. The minimum Gasteiger partial charge on any atom is -0.331 e. The molecule has 1 amide bonds. The lowest BCUT2D eigenvalue weighted by Gasteiger charge is -2.20. The van der Waals surface area contributed by atoms with Crippen molar-refractivity contribution in [3.05, 3.63) is 0 Å². The molecule has 0 aromatic heterocycles. The van der Waals surface area contributed by atoms with Crippen molar-refractivity contribution in [2.24, 2.45) is 0 Å². The second-order valence-electron chi connectivity index (χ2n) is 2.67. The quantitative estimate of drug-likeness (QED) is 0.373. The maximum atomic E-state index is 10.7. The van der Waals surface area contributed by atoms with E-state index in [0.717, 1.165) is 0 Å². The normalized spacial score (nSPS) is 10.8. The highest BCUT2D eigenvalue weighted by molar-refractivity contribution is 7.81. The Morgan fingerprint density at radius 3 is 2.67 bits per heavy atom. The van der Waals surface area contributed by atoms with E-state index in [9.17, 15) is 4.79 Å². The molecule has 0 spiro atoms. The van der Waals surface area contributed by atoms with Crippen LogP contribution in [0.3, 0.4) is 0 Å². The second kappa shape index (κ2) is 6.28. The summed E-state index contributed by atoms with van der Waals surface area (Å²) in [6.45, 7) is 4.20. The molecule has 0 aliphatic heterocycles. The average molecular weight is 192 g/mol. The number of hydroxylamine groups is 2. The Morgan fingerprint density at radius 2 is 2.25 bits per heavy atom. The van der Waals surface area contributed by atoms with Gasteiger partial charge >= 0.3 is 0 Å². The van der Waals surface area contributed by atoms with Crippen LogP contribution in [0.1, 0.15) is 13.8 Å². The first kappa shape index (κ1) is 11.7. The lowest BCUT2D eigenvalue weighted by molar-refractivity contribution is -0.168. The third kappa shape index (κ3) is 5.40. The van der Waals surface area contributed by atoms with Gasteiger partial charge in [0.05, 0.1) is 5.75 Å². The largest absolute Gasteiger partial charge is 0.331 e. The highest BCUT2D eigenvalue weighted by Crippen LogP contribution is 1.92. The van der Waals surface area contributed by atoms with E-state index in [2.05, 4.69) is 17.9 Å². The summed E-state index contributed by atoms with van der Waals surface area (Å²) in [7, 11) is 1.82. The van der Waals surface area contributed by atoms with Gasteiger partial charge in [-0.25, -0.2) is 0 Å². The van der Waals surface area contributed by atoms with Gasteiger partial charge in [-0.3, -0.25) is 9.63 Å². The Bertz CT molecular complexity index is 141. The standard InChI is InChI=1S/C7H16N2O2S/c1-6(2)9(3)11-5-8-7(10)4-12/h6,12H,4-5H2,1-3H3,(H,8,10). The molecule has 0 saturated carbocycles. The Morgan fingerprint density at radius 1 is 1.67 bits per heavy atom. The fourth-order valence-corrected chi connectivity index (χ4v) is 0.531. The van der Waals surface area contributed by atoms with E-state index >= 15 is 0 Å². The summed E-state index contributed by atoms with van der Waals surface area (Å²) in [5.74, 6) is 0.0601. The Hall–Kier alpha value is -0.260. The van der Waals surface area contributed by atoms with Crippen LogP contribution in [-0.4, -0.2) is 36.5 Å². The van der Waals surface area contributed by atoms with E-state index in [4.69, 9.17) is 4.84 Å². The van der Waals surface area contributed by atoms with E-state index in [1.807, 2.05) is 20.9 Å². The molecular formula is C7H16N2O2S. The van der Waals surface area contributed by atoms with Crippen LogP contribution in [0.5, 0.6) is 0 Å². The zero-order valence-electron chi connectivity index (χ0n) is 7.70. The number of amides is 1. The van der Waals surface area contributed by atoms with Crippen LogP contribution >= 0.6 is 12.6 Å². The topological polar surface area (TPSA) is 41.6 Å². The molecule has 4 nitrogen and oxygen atoms in total. The maximum Gasteiger partial charge on any atom is 0.231 e. The summed E-state index contributed by atoms with van der Waals surface area (Å²) in [5, 5.41) is 4.22. The highest BCUT2D eigenvalue weighted by Gasteiger charge is 2.03. The minimum atomic E-state index is -0.129. The van der Waals surface area contributed by atoms with Crippen molar-refractivity contribution < 1.29 is 9.63 Å². The molecule has 0 bridgehead atoms. The average Bonchev–Trinajstić information content (AvgIpc) is 2.03. The van der Waals surface area contributed by atoms with Crippen LogP contribution in [0.15, 0.2) is 0 Å². The predicted octanol–water partition coefficient (Wildman–Crippen LogP) is 0.262. The van der Waals surface area contributed by atoms with Gasteiger partial charge in [-0.1, -0.05) is 0 Å². The molecular weight excluding hydrogens is 176 g/mol. The van der Waals surface area contributed by atoms with Crippen LogP contribution in [0.2, 0.25) is 0 Å². The number of hydrogen-bond acceptors (Lipinski definition) is 4. The smallest absolute Gasteiger partial charge is 0.231 e. The van der Waals surface area contributed by atoms with Gasteiger partial charge in [0.1, 0.15) is 6.73 Å². The molecule has 0 radical (unpaired) electrons. The fourth-order valence-electron chi connectivity index (χ4n) is 0.420. The van der Waals surface area contributed by atoms with E-state index in [-0.39, 0.29) is 18.4 Å². The molecule has 0 aromatic rings. The number of nitrogens with one attached hydrogen (secondary N) is 1. The molecule has 0 rings (SSSR count). The van der Waals surface area contributed by atoms with Crippen molar-refractivity contribution in [1.29, 1.82) is 0 Å². The van der Waals surface area contributed by atoms with Gasteiger partial charge in [-0.05, 0) is 13.8 Å². The molecule has 0 atom stereocenters. The lowest BCUT2D eigenvalue weighted by Crippen LogP contribution is -2.34. The minimum absolute atomic E-state index is 0.129. The number of nitrogens with zero attached hydrogens (tertiary/aromatic N) is 1. The van der Waals surface area contributed by atoms with Crippen LogP contribution in [-0.2, 0) is 9.63 Å². The van der Waals surface area contributed by atoms with E-state index in [0.29, 0.717) is 6.04 Å². The summed E-state index contributed by atoms with van der Waals surface area (Å²) >= 11 is 3.80. The van der Waals surface area contributed by atoms with Gasteiger partial charge in [-0.15, -0.1) is 0 Å². The van der Waals surface area contributed by atoms with Crippen LogP contribution in [0.4, 0.5) is 0 Å². The first-order valence-corrected chi connectivity index (χ1v) is 4.44. The van der Waals surface area contributed by atoms with Crippen molar-refractivity contribution in [2.45, 2.75) is 19.9 Å². The van der Waals surface area contributed by atoms with E-state index < -0.39 is 0 Å². The molecule has 12 heavy (non-hydrogen) atoms. The first-order valence-electron chi connectivity index (χ1n) is 3.81. The second-order valence-corrected chi connectivity index (χ2v) is 2.99. The molecule has 0 unspecified atom stereocenters. The summed E-state index contributed by atoms with van der Waals surface area (Å²) in [6, 6.07) is 0.304.